The van der Waals surface area contributed by atoms with Gasteiger partial charge < -0.3 is 20.4 Å². The van der Waals surface area contributed by atoms with Crippen LogP contribution in [0.5, 0.6) is 0 Å². The van der Waals surface area contributed by atoms with Gasteiger partial charge in [-0.15, -0.1) is 11.3 Å². The largest absolute Gasteiger partial charge is 0.351 e. The maximum absolute atomic E-state index is 13.3. The van der Waals surface area contributed by atoms with E-state index in [1.807, 2.05) is 23.8 Å². The van der Waals surface area contributed by atoms with E-state index in [1.54, 1.807) is 9.80 Å². The first-order valence-electron chi connectivity index (χ1n) is 9.69. The van der Waals surface area contributed by atoms with E-state index >= 15 is 0 Å². The summed E-state index contributed by atoms with van der Waals surface area (Å²) in [6.45, 7) is 0.765. The molecule has 0 radical (unpaired) electrons. The van der Waals surface area contributed by atoms with Gasteiger partial charge in [0.15, 0.2) is 0 Å². The Balaban J connectivity index is 1.45. The van der Waals surface area contributed by atoms with E-state index in [0.29, 0.717) is 38.1 Å². The number of nitrogens with zero attached hydrogens (tertiary/aromatic N) is 2. The Labute approximate surface area is 177 Å². The van der Waals surface area contributed by atoms with Crippen molar-refractivity contribution in [3.8, 4) is 0 Å². The van der Waals surface area contributed by atoms with Crippen molar-refractivity contribution in [3.05, 3.63) is 22.4 Å². The Bertz CT molecular complexity index is 815. The Morgan fingerprint density at radius 3 is 2.93 bits per heavy atom. The van der Waals surface area contributed by atoms with Crippen LogP contribution in [0.1, 0.15) is 17.7 Å². The highest BCUT2D eigenvalue weighted by atomic mass is 32.2. The number of hydrogen-bond donors (Lipinski definition) is 2. The quantitative estimate of drug-likeness (QED) is 0.668. The number of fused-ring (bicyclic) bond motifs is 2. The molecule has 4 amide bonds. The number of carbonyl (C=O) groups is 4. The predicted molar refractivity (Wildman–Crippen MR) is 111 cm³/mol. The molecule has 2 N–H and O–H groups in total. The normalized spacial score (nSPS) is 28.6. The Kier molecular flexibility index (Phi) is 5.82. The van der Waals surface area contributed by atoms with E-state index in [2.05, 4.69) is 10.6 Å². The third-order valence-corrected chi connectivity index (χ3v) is 7.15. The van der Waals surface area contributed by atoms with Crippen LogP contribution in [0.4, 0.5) is 0 Å². The molecular weight excluding hydrogens is 412 g/mol. The molecule has 3 fully saturated rings. The van der Waals surface area contributed by atoms with Crippen LogP contribution in [-0.2, 0) is 25.6 Å². The van der Waals surface area contributed by atoms with Gasteiger partial charge in [-0.1, -0.05) is 6.07 Å². The number of likely N-dealkylation sites (tertiary alicyclic amines) is 1. The molecular formula is C19H24N4O4S2. The van der Waals surface area contributed by atoms with Gasteiger partial charge in [0.1, 0.15) is 12.1 Å². The molecule has 0 saturated carbocycles. The molecule has 3 aliphatic heterocycles. The highest BCUT2D eigenvalue weighted by Gasteiger charge is 2.52. The van der Waals surface area contributed by atoms with Crippen LogP contribution in [0.15, 0.2) is 17.5 Å². The van der Waals surface area contributed by atoms with Crippen molar-refractivity contribution in [2.75, 3.05) is 25.1 Å². The molecule has 4 unspecified atom stereocenters. The van der Waals surface area contributed by atoms with Gasteiger partial charge in [-0.25, -0.2) is 0 Å². The summed E-state index contributed by atoms with van der Waals surface area (Å²) in [5.41, 5.74) is 0. The molecule has 4 heterocycles. The smallest absolute Gasteiger partial charge is 0.248 e. The lowest BCUT2D eigenvalue weighted by Crippen LogP contribution is -2.53. The van der Waals surface area contributed by atoms with Crippen LogP contribution in [0.25, 0.3) is 0 Å². The van der Waals surface area contributed by atoms with Crippen LogP contribution in [0.2, 0.25) is 0 Å². The van der Waals surface area contributed by atoms with Gasteiger partial charge in [-0.05, 0) is 30.5 Å². The average molecular weight is 437 g/mol. The molecule has 156 valence electrons. The monoisotopic (exact) mass is 436 g/mol. The van der Waals surface area contributed by atoms with Crippen molar-refractivity contribution in [2.24, 2.45) is 0 Å². The number of thioether (sulfide) groups is 1. The molecule has 4 rings (SSSR count). The fourth-order valence-electron chi connectivity index (χ4n) is 4.47. The summed E-state index contributed by atoms with van der Waals surface area (Å²) in [7, 11) is 0. The van der Waals surface area contributed by atoms with E-state index in [4.69, 9.17) is 0 Å². The van der Waals surface area contributed by atoms with Crippen LogP contribution in [0, 0.1) is 0 Å². The van der Waals surface area contributed by atoms with Crippen molar-refractivity contribution < 1.29 is 19.2 Å². The lowest BCUT2D eigenvalue weighted by atomic mass is 10.1. The first-order chi connectivity index (χ1) is 14.0. The molecule has 0 spiro atoms. The van der Waals surface area contributed by atoms with Crippen LogP contribution in [-0.4, -0.2) is 82.7 Å². The highest BCUT2D eigenvalue weighted by Crippen LogP contribution is 2.29. The zero-order valence-corrected chi connectivity index (χ0v) is 17.8. The highest BCUT2D eigenvalue weighted by molar-refractivity contribution is 7.99. The maximum atomic E-state index is 13.3. The topological polar surface area (TPSA) is 98.8 Å². The summed E-state index contributed by atoms with van der Waals surface area (Å²) < 4.78 is 0. The molecule has 3 saturated heterocycles. The summed E-state index contributed by atoms with van der Waals surface area (Å²) in [5.74, 6) is -0.264. The second-order valence-electron chi connectivity index (χ2n) is 7.63. The predicted octanol–water partition coefficient (Wildman–Crippen LogP) is -0.161. The number of thiophene rings is 1. The Morgan fingerprint density at radius 2 is 2.21 bits per heavy atom. The molecule has 0 aromatic carbocycles. The minimum Gasteiger partial charge on any atom is -0.351 e. The number of amides is 4. The molecule has 29 heavy (non-hydrogen) atoms. The van der Waals surface area contributed by atoms with Crippen molar-refractivity contribution >= 4 is 46.7 Å². The van der Waals surface area contributed by atoms with E-state index in [-0.39, 0.29) is 35.7 Å². The Hall–Kier alpha value is -2.07. The summed E-state index contributed by atoms with van der Waals surface area (Å²) in [6.07, 6.45) is 3.12. The lowest BCUT2D eigenvalue weighted by Gasteiger charge is -2.29. The molecule has 1 aromatic heterocycles. The second-order valence-corrected chi connectivity index (χ2v) is 9.53. The first-order valence-corrected chi connectivity index (χ1v) is 12.0. The fraction of sp³-hybridized carbons (Fsp3) is 0.579. The zero-order valence-electron chi connectivity index (χ0n) is 16.1. The van der Waals surface area contributed by atoms with Gasteiger partial charge in [0, 0.05) is 24.0 Å². The maximum Gasteiger partial charge on any atom is 0.248 e. The molecule has 8 nitrogen and oxygen atoms in total. The molecule has 4 atom stereocenters. The third kappa shape index (κ3) is 4.00. The van der Waals surface area contributed by atoms with E-state index in [1.165, 1.54) is 23.1 Å². The van der Waals surface area contributed by atoms with Gasteiger partial charge >= 0.3 is 0 Å². The van der Waals surface area contributed by atoms with Crippen LogP contribution < -0.4 is 10.6 Å². The third-order valence-electron chi connectivity index (χ3n) is 5.73. The molecule has 1 aromatic rings. The van der Waals surface area contributed by atoms with Gasteiger partial charge in [0.25, 0.3) is 0 Å². The average Bonchev–Trinajstić information content (AvgIpc) is 3.40. The molecule has 0 bridgehead atoms. The minimum absolute atomic E-state index is 0.0777. The second kappa shape index (κ2) is 8.35. The molecule has 0 aliphatic carbocycles. The summed E-state index contributed by atoms with van der Waals surface area (Å²) in [5, 5.41) is 7.85. The summed E-state index contributed by atoms with van der Waals surface area (Å²) in [6, 6.07) is 1.96. The number of nitrogens with one attached hydrogen (secondary N) is 2. The summed E-state index contributed by atoms with van der Waals surface area (Å²) in [4.78, 5) is 55.0. The lowest BCUT2D eigenvalue weighted by molar-refractivity contribution is -0.143. The van der Waals surface area contributed by atoms with Gasteiger partial charge in [-0.2, -0.15) is 11.8 Å². The van der Waals surface area contributed by atoms with Crippen molar-refractivity contribution in [1.29, 1.82) is 0 Å². The van der Waals surface area contributed by atoms with Crippen molar-refractivity contribution in [3.63, 3.8) is 0 Å². The molecule has 3 aliphatic rings. The van der Waals surface area contributed by atoms with E-state index in [0.717, 1.165) is 4.88 Å². The standard InChI is InChI=1S/C19H24N4O4S2/c1-28-10-16(25)22-5-4-13-17(22)19(27)23-9-11(7-14(23)18(26)21-13)20-15(24)8-12-3-2-6-29-12/h2-3,6,11,13-14,17H,4-5,7-10H2,1H3,(H,20,24)(H,21,26). The minimum atomic E-state index is -0.649. The number of carbonyl (C=O) groups excluding carboxylic acids is 4. The Morgan fingerprint density at radius 1 is 1.38 bits per heavy atom. The van der Waals surface area contributed by atoms with Crippen LogP contribution in [0.3, 0.4) is 0 Å². The summed E-state index contributed by atoms with van der Waals surface area (Å²) >= 11 is 2.94. The SMILES string of the molecule is CSCC(=O)N1CCC2NC(=O)C3CC(NC(=O)Cc4cccs4)CN3C(=O)C21. The van der Waals surface area contributed by atoms with Crippen molar-refractivity contribution in [2.45, 2.75) is 43.4 Å². The zero-order chi connectivity index (χ0) is 20.5. The first kappa shape index (κ1) is 20.2. The van der Waals surface area contributed by atoms with E-state index < -0.39 is 12.1 Å². The van der Waals surface area contributed by atoms with Crippen molar-refractivity contribution in [1.82, 2.24) is 20.4 Å². The van der Waals surface area contributed by atoms with Gasteiger partial charge in [0.05, 0.1) is 18.2 Å². The number of hydrogen-bond acceptors (Lipinski definition) is 6. The van der Waals surface area contributed by atoms with Gasteiger partial charge in [0.2, 0.25) is 23.6 Å². The van der Waals surface area contributed by atoms with Crippen LogP contribution >= 0.6 is 23.1 Å². The number of rotatable bonds is 5. The van der Waals surface area contributed by atoms with Gasteiger partial charge in [-0.3, -0.25) is 19.2 Å². The fourth-order valence-corrected chi connectivity index (χ4v) is 5.58. The van der Waals surface area contributed by atoms with E-state index in [9.17, 15) is 19.2 Å². The molecule has 10 heteroatoms.